The van der Waals surface area contributed by atoms with E-state index in [4.69, 9.17) is 4.74 Å². The molecule has 0 N–H and O–H groups in total. The van der Waals surface area contributed by atoms with Crippen LogP contribution in [-0.4, -0.2) is 23.3 Å². The number of non-ortho nitro benzene ring substituents is 1. The van der Waals surface area contributed by atoms with Gasteiger partial charge in [-0.05, 0) is 54.0 Å². The number of rotatable bonds is 7. The van der Waals surface area contributed by atoms with E-state index < -0.39 is 4.92 Å². The number of amidine groups is 1. The maximum absolute atomic E-state index is 13.3. The first kappa shape index (κ1) is 22.0. The summed E-state index contributed by atoms with van der Waals surface area (Å²) in [6.45, 7) is 4.77. The maximum atomic E-state index is 13.3. The van der Waals surface area contributed by atoms with Crippen molar-refractivity contribution in [2.45, 2.75) is 13.8 Å². The van der Waals surface area contributed by atoms with Crippen molar-refractivity contribution in [1.82, 2.24) is 0 Å². The Hall–Kier alpha value is -4.26. The predicted molar refractivity (Wildman–Crippen MR) is 128 cm³/mol. The monoisotopic (exact) mass is 441 g/mol. The molecule has 0 aliphatic carbocycles. The van der Waals surface area contributed by atoms with Crippen LogP contribution in [-0.2, 0) is 4.79 Å². The molecule has 0 radical (unpaired) electrons. The van der Waals surface area contributed by atoms with E-state index in [0.29, 0.717) is 24.0 Å². The highest BCUT2D eigenvalue weighted by molar-refractivity contribution is 6.33. The molecule has 1 heterocycles. The van der Waals surface area contributed by atoms with Gasteiger partial charge >= 0.3 is 0 Å². The highest BCUT2D eigenvalue weighted by Gasteiger charge is 2.32. The zero-order chi connectivity index (χ0) is 23.4. The molecule has 33 heavy (non-hydrogen) atoms. The van der Waals surface area contributed by atoms with Crippen molar-refractivity contribution in [2.75, 3.05) is 11.5 Å². The van der Waals surface area contributed by atoms with Gasteiger partial charge in [-0.25, -0.2) is 4.99 Å². The Bertz CT molecular complexity index is 1210. The molecule has 0 atom stereocenters. The molecule has 7 heteroatoms. The molecule has 0 fully saturated rings. The van der Waals surface area contributed by atoms with Crippen LogP contribution >= 0.6 is 0 Å². The Morgan fingerprint density at radius 2 is 1.67 bits per heavy atom. The maximum Gasteiger partial charge on any atom is 0.282 e. The summed E-state index contributed by atoms with van der Waals surface area (Å²) in [6, 6.07) is 22.7. The standard InChI is InChI=1S/C26H23N3O4/c1-18(2)17-33-23-14-8-20(9-15-23)25-27-24(16-19-6-4-3-5-7-19)26(30)28(25)21-10-12-22(13-11-21)29(31)32/h3-16,18H,17H2,1-2H3. The number of hydrogen-bond acceptors (Lipinski definition) is 5. The van der Waals surface area contributed by atoms with Gasteiger partial charge in [0.05, 0.1) is 17.2 Å². The Morgan fingerprint density at radius 1 is 1.00 bits per heavy atom. The topological polar surface area (TPSA) is 85.0 Å². The van der Waals surface area contributed by atoms with Crippen molar-refractivity contribution in [3.63, 3.8) is 0 Å². The van der Waals surface area contributed by atoms with Gasteiger partial charge in [0.25, 0.3) is 11.6 Å². The number of aliphatic imine (C=N–C) groups is 1. The second kappa shape index (κ2) is 9.48. The number of ether oxygens (including phenoxy) is 1. The fraction of sp³-hybridized carbons (Fsp3) is 0.154. The van der Waals surface area contributed by atoms with E-state index in [1.54, 1.807) is 18.2 Å². The van der Waals surface area contributed by atoms with Gasteiger partial charge in [-0.3, -0.25) is 19.8 Å². The number of nitrogens with zero attached hydrogens (tertiary/aromatic N) is 3. The molecule has 0 saturated carbocycles. The summed E-state index contributed by atoms with van der Waals surface area (Å²) in [5, 5.41) is 11.0. The lowest BCUT2D eigenvalue weighted by atomic mass is 10.1. The van der Waals surface area contributed by atoms with E-state index >= 15 is 0 Å². The number of amides is 1. The lowest BCUT2D eigenvalue weighted by molar-refractivity contribution is -0.384. The van der Waals surface area contributed by atoms with E-state index in [1.165, 1.54) is 17.0 Å². The summed E-state index contributed by atoms with van der Waals surface area (Å²) in [7, 11) is 0. The molecule has 0 unspecified atom stereocenters. The minimum atomic E-state index is -0.471. The van der Waals surface area contributed by atoms with Crippen molar-refractivity contribution < 1.29 is 14.5 Å². The third-order valence-electron chi connectivity index (χ3n) is 4.98. The van der Waals surface area contributed by atoms with Crippen LogP contribution in [0.4, 0.5) is 11.4 Å². The molecule has 166 valence electrons. The first-order valence-electron chi connectivity index (χ1n) is 10.6. The lowest BCUT2D eigenvalue weighted by Gasteiger charge is -2.18. The molecule has 7 nitrogen and oxygen atoms in total. The zero-order valence-electron chi connectivity index (χ0n) is 18.3. The van der Waals surface area contributed by atoms with Crippen LogP contribution in [0.2, 0.25) is 0 Å². The van der Waals surface area contributed by atoms with Crippen molar-refractivity contribution in [1.29, 1.82) is 0 Å². The molecule has 0 spiro atoms. The smallest absolute Gasteiger partial charge is 0.282 e. The van der Waals surface area contributed by atoms with E-state index in [9.17, 15) is 14.9 Å². The number of hydrogen-bond donors (Lipinski definition) is 0. The predicted octanol–water partition coefficient (Wildman–Crippen LogP) is 5.46. The molecule has 1 aliphatic rings. The lowest BCUT2D eigenvalue weighted by Crippen LogP contribution is -2.32. The molecule has 3 aromatic rings. The van der Waals surface area contributed by atoms with E-state index in [2.05, 4.69) is 18.8 Å². The first-order chi connectivity index (χ1) is 15.9. The van der Waals surface area contributed by atoms with Gasteiger partial charge in [0.1, 0.15) is 17.3 Å². The number of carbonyl (C=O) groups excluding carboxylic acids is 1. The zero-order valence-corrected chi connectivity index (χ0v) is 18.3. The van der Waals surface area contributed by atoms with E-state index in [1.807, 2.05) is 54.6 Å². The minimum absolute atomic E-state index is 0.0458. The highest BCUT2D eigenvalue weighted by atomic mass is 16.6. The van der Waals surface area contributed by atoms with E-state index in [-0.39, 0.29) is 17.3 Å². The van der Waals surface area contributed by atoms with E-state index in [0.717, 1.165) is 16.9 Å². The van der Waals surface area contributed by atoms with Crippen LogP contribution in [0.15, 0.2) is 89.6 Å². The van der Waals surface area contributed by atoms with Gasteiger partial charge in [-0.15, -0.1) is 0 Å². The fourth-order valence-electron chi connectivity index (χ4n) is 3.34. The summed E-state index contributed by atoms with van der Waals surface area (Å²) in [4.78, 5) is 30.0. The summed E-state index contributed by atoms with van der Waals surface area (Å²) < 4.78 is 5.76. The van der Waals surface area contributed by atoms with Gasteiger partial charge < -0.3 is 4.74 Å². The number of nitro benzene ring substituents is 1. The van der Waals surface area contributed by atoms with Gasteiger partial charge in [-0.1, -0.05) is 44.2 Å². The van der Waals surface area contributed by atoms with Crippen LogP contribution < -0.4 is 9.64 Å². The minimum Gasteiger partial charge on any atom is -0.493 e. The molecule has 3 aromatic carbocycles. The quantitative estimate of drug-likeness (QED) is 0.277. The summed E-state index contributed by atoms with van der Waals surface area (Å²) >= 11 is 0. The summed E-state index contributed by atoms with van der Waals surface area (Å²) in [5.74, 6) is 1.29. The Kier molecular flexibility index (Phi) is 6.31. The van der Waals surface area contributed by atoms with Crippen LogP contribution in [0.1, 0.15) is 25.0 Å². The molecule has 4 rings (SSSR count). The first-order valence-corrected chi connectivity index (χ1v) is 10.6. The van der Waals surface area contributed by atoms with Crippen molar-refractivity contribution in [2.24, 2.45) is 10.9 Å². The SMILES string of the molecule is CC(C)COc1ccc(C2=NC(=Cc3ccccc3)C(=O)N2c2ccc([N+](=O)[O-])cc2)cc1. The van der Waals surface area contributed by atoms with Crippen LogP contribution in [0.5, 0.6) is 5.75 Å². The van der Waals surface area contributed by atoms with Gasteiger partial charge in [-0.2, -0.15) is 0 Å². The van der Waals surface area contributed by atoms with Crippen molar-refractivity contribution in [3.05, 3.63) is 106 Å². The number of carbonyl (C=O) groups is 1. The van der Waals surface area contributed by atoms with Gasteiger partial charge in [0.2, 0.25) is 0 Å². The Morgan fingerprint density at radius 3 is 2.27 bits per heavy atom. The molecule has 1 amide bonds. The molecule has 0 bridgehead atoms. The summed E-state index contributed by atoms with van der Waals surface area (Å²) in [6.07, 6.45) is 1.73. The number of nitro groups is 1. The fourth-order valence-corrected chi connectivity index (χ4v) is 3.34. The van der Waals surface area contributed by atoms with Crippen LogP contribution in [0, 0.1) is 16.0 Å². The number of benzene rings is 3. The molecule has 1 aliphatic heterocycles. The summed E-state index contributed by atoms with van der Waals surface area (Å²) in [5.41, 5.74) is 2.33. The Balaban J connectivity index is 1.72. The van der Waals surface area contributed by atoms with Crippen LogP contribution in [0.25, 0.3) is 6.08 Å². The Labute approximate surface area is 191 Å². The van der Waals surface area contributed by atoms with Crippen molar-refractivity contribution in [3.8, 4) is 5.75 Å². The average Bonchev–Trinajstić information content (AvgIpc) is 3.14. The molecule has 0 aromatic heterocycles. The molecular formula is C26H23N3O4. The second-order valence-corrected chi connectivity index (χ2v) is 8.02. The highest BCUT2D eigenvalue weighted by Crippen LogP contribution is 2.30. The normalized spacial score (nSPS) is 14.6. The van der Waals surface area contributed by atoms with Gasteiger partial charge in [0.15, 0.2) is 0 Å². The van der Waals surface area contributed by atoms with Crippen LogP contribution in [0.3, 0.4) is 0 Å². The largest absolute Gasteiger partial charge is 0.493 e. The third-order valence-corrected chi connectivity index (χ3v) is 4.98. The number of anilines is 1. The average molecular weight is 441 g/mol. The van der Waals surface area contributed by atoms with Crippen molar-refractivity contribution >= 4 is 29.2 Å². The molecule has 0 saturated heterocycles. The van der Waals surface area contributed by atoms with Gasteiger partial charge in [0, 0.05) is 17.7 Å². The second-order valence-electron chi connectivity index (χ2n) is 8.02. The molecular weight excluding hydrogens is 418 g/mol. The third kappa shape index (κ3) is 4.98.